The van der Waals surface area contributed by atoms with Crippen LogP contribution in [0.5, 0.6) is 0 Å². The second-order valence-electron chi connectivity index (χ2n) is 3.82. The fourth-order valence-electron chi connectivity index (χ4n) is 1.74. The van der Waals surface area contributed by atoms with Gasteiger partial charge in [0.2, 0.25) is 0 Å². The standard InChI is InChI=1S/C9H19N/c1-8-5-4-6-9(2)10(3)7-8/h8-9H,4-7H2,1-3H3. The first-order valence-corrected chi connectivity index (χ1v) is 4.40. The fourth-order valence-corrected chi connectivity index (χ4v) is 1.74. The molecule has 10 heavy (non-hydrogen) atoms. The molecule has 0 spiro atoms. The molecule has 60 valence electrons. The van der Waals surface area contributed by atoms with Crippen molar-refractivity contribution in [2.24, 2.45) is 5.92 Å². The van der Waals surface area contributed by atoms with E-state index in [1.165, 1.54) is 25.8 Å². The molecule has 0 amide bonds. The lowest BCUT2D eigenvalue weighted by molar-refractivity contribution is 0.241. The van der Waals surface area contributed by atoms with E-state index in [0.717, 1.165) is 12.0 Å². The Bertz CT molecular complexity index is 101. The van der Waals surface area contributed by atoms with Crippen LogP contribution in [0.1, 0.15) is 33.1 Å². The maximum atomic E-state index is 2.48. The van der Waals surface area contributed by atoms with Crippen molar-refractivity contribution in [2.75, 3.05) is 13.6 Å². The van der Waals surface area contributed by atoms with Crippen LogP contribution in [0, 0.1) is 5.92 Å². The maximum Gasteiger partial charge on any atom is 0.00639 e. The summed E-state index contributed by atoms with van der Waals surface area (Å²) in [4.78, 5) is 2.48. The molecule has 0 aromatic heterocycles. The number of rotatable bonds is 0. The number of hydrogen-bond donors (Lipinski definition) is 0. The zero-order valence-corrected chi connectivity index (χ0v) is 7.43. The Balaban J connectivity index is 2.41. The van der Waals surface area contributed by atoms with E-state index in [1.54, 1.807) is 0 Å². The first kappa shape index (κ1) is 8.06. The molecule has 1 nitrogen and oxygen atoms in total. The molecule has 0 radical (unpaired) electrons. The molecule has 1 fully saturated rings. The van der Waals surface area contributed by atoms with Crippen LogP contribution in [0.25, 0.3) is 0 Å². The topological polar surface area (TPSA) is 3.24 Å². The molecule has 0 saturated carbocycles. The Kier molecular flexibility index (Phi) is 2.72. The van der Waals surface area contributed by atoms with Gasteiger partial charge in [-0.25, -0.2) is 0 Å². The van der Waals surface area contributed by atoms with E-state index in [-0.39, 0.29) is 0 Å². The average Bonchev–Trinajstić information content (AvgIpc) is 1.96. The summed E-state index contributed by atoms with van der Waals surface area (Å²) in [5.74, 6) is 0.912. The van der Waals surface area contributed by atoms with Crippen LogP contribution in [0.15, 0.2) is 0 Å². The van der Waals surface area contributed by atoms with Crippen molar-refractivity contribution >= 4 is 0 Å². The predicted octanol–water partition coefficient (Wildman–Crippen LogP) is 2.13. The lowest BCUT2D eigenvalue weighted by Gasteiger charge is -2.22. The molecule has 1 heteroatoms. The zero-order valence-electron chi connectivity index (χ0n) is 7.43. The molecule has 1 saturated heterocycles. The monoisotopic (exact) mass is 141 g/mol. The smallest absolute Gasteiger partial charge is 0.00639 e. The van der Waals surface area contributed by atoms with Gasteiger partial charge in [-0.3, -0.25) is 0 Å². The third-order valence-electron chi connectivity index (χ3n) is 2.67. The van der Waals surface area contributed by atoms with Crippen molar-refractivity contribution in [3.05, 3.63) is 0 Å². The van der Waals surface area contributed by atoms with E-state index in [1.807, 2.05) is 0 Å². The molecule has 1 aliphatic heterocycles. The minimum Gasteiger partial charge on any atom is -0.303 e. The number of likely N-dealkylation sites (tertiary alicyclic amines) is 1. The summed E-state index contributed by atoms with van der Waals surface area (Å²) < 4.78 is 0. The quantitative estimate of drug-likeness (QED) is 0.499. The Morgan fingerprint density at radius 1 is 1.20 bits per heavy atom. The molecule has 0 N–H and O–H groups in total. The molecule has 1 rings (SSSR count). The van der Waals surface area contributed by atoms with Crippen molar-refractivity contribution in [3.8, 4) is 0 Å². The van der Waals surface area contributed by atoms with Crippen LogP contribution in [0.2, 0.25) is 0 Å². The summed E-state index contributed by atoms with van der Waals surface area (Å²) in [5, 5.41) is 0. The Morgan fingerprint density at radius 2 is 1.90 bits per heavy atom. The lowest BCUT2D eigenvalue weighted by Crippen LogP contribution is -2.30. The molecule has 0 aromatic rings. The fraction of sp³-hybridized carbons (Fsp3) is 1.00. The van der Waals surface area contributed by atoms with Crippen LogP contribution in [0.3, 0.4) is 0 Å². The molecule has 2 unspecified atom stereocenters. The first-order valence-electron chi connectivity index (χ1n) is 4.40. The predicted molar refractivity (Wildman–Crippen MR) is 45.1 cm³/mol. The largest absolute Gasteiger partial charge is 0.303 e. The van der Waals surface area contributed by atoms with Gasteiger partial charge in [0, 0.05) is 12.6 Å². The highest BCUT2D eigenvalue weighted by Gasteiger charge is 2.16. The number of hydrogen-bond acceptors (Lipinski definition) is 1. The van der Waals surface area contributed by atoms with E-state index in [9.17, 15) is 0 Å². The third-order valence-corrected chi connectivity index (χ3v) is 2.67. The summed E-state index contributed by atoms with van der Waals surface area (Å²) in [6, 6.07) is 0.810. The van der Waals surface area contributed by atoms with Crippen LogP contribution in [0.4, 0.5) is 0 Å². The van der Waals surface area contributed by atoms with Gasteiger partial charge >= 0.3 is 0 Å². The van der Waals surface area contributed by atoms with Gasteiger partial charge in [-0.2, -0.15) is 0 Å². The van der Waals surface area contributed by atoms with E-state index in [4.69, 9.17) is 0 Å². The molecule has 2 atom stereocenters. The zero-order chi connectivity index (χ0) is 7.56. The highest BCUT2D eigenvalue weighted by molar-refractivity contribution is 4.71. The van der Waals surface area contributed by atoms with Crippen molar-refractivity contribution in [3.63, 3.8) is 0 Å². The normalized spacial score (nSPS) is 37.5. The summed E-state index contributed by atoms with van der Waals surface area (Å²) in [6.45, 7) is 5.98. The van der Waals surface area contributed by atoms with Gasteiger partial charge in [0.15, 0.2) is 0 Å². The van der Waals surface area contributed by atoms with Crippen LogP contribution < -0.4 is 0 Å². The summed E-state index contributed by atoms with van der Waals surface area (Å²) in [6.07, 6.45) is 4.24. The molecule has 0 aromatic carbocycles. The second kappa shape index (κ2) is 3.38. The Labute approximate surface area is 64.4 Å². The molecule has 1 aliphatic rings. The van der Waals surface area contributed by atoms with Gasteiger partial charge in [0.05, 0.1) is 0 Å². The SMILES string of the molecule is CC1CCCC(C)N(C)C1. The van der Waals surface area contributed by atoms with Gasteiger partial charge in [-0.1, -0.05) is 13.3 Å². The van der Waals surface area contributed by atoms with E-state index >= 15 is 0 Å². The molecule has 0 bridgehead atoms. The average molecular weight is 141 g/mol. The summed E-state index contributed by atoms with van der Waals surface area (Å²) >= 11 is 0. The molecule has 0 aliphatic carbocycles. The number of nitrogens with zero attached hydrogens (tertiary/aromatic N) is 1. The van der Waals surface area contributed by atoms with Gasteiger partial charge in [0.25, 0.3) is 0 Å². The van der Waals surface area contributed by atoms with Crippen LogP contribution >= 0.6 is 0 Å². The molecule has 1 heterocycles. The van der Waals surface area contributed by atoms with Crippen molar-refractivity contribution in [1.29, 1.82) is 0 Å². The highest BCUT2D eigenvalue weighted by Crippen LogP contribution is 2.18. The summed E-state index contributed by atoms with van der Waals surface area (Å²) in [5.41, 5.74) is 0. The maximum absolute atomic E-state index is 2.48. The van der Waals surface area contributed by atoms with E-state index < -0.39 is 0 Å². The van der Waals surface area contributed by atoms with Crippen molar-refractivity contribution in [1.82, 2.24) is 4.90 Å². The van der Waals surface area contributed by atoms with E-state index in [2.05, 4.69) is 25.8 Å². The van der Waals surface area contributed by atoms with Crippen molar-refractivity contribution < 1.29 is 0 Å². The van der Waals surface area contributed by atoms with Gasteiger partial charge in [0.1, 0.15) is 0 Å². The molecular formula is C9H19N. The van der Waals surface area contributed by atoms with Gasteiger partial charge < -0.3 is 4.90 Å². The minimum atomic E-state index is 0.810. The Morgan fingerprint density at radius 3 is 2.60 bits per heavy atom. The van der Waals surface area contributed by atoms with Gasteiger partial charge in [-0.15, -0.1) is 0 Å². The first-order chi connectivity index (χ1) is 4.70. The third kappa shape index (κ3) is 1.98. The van der Waals surface area contributed by atoms with Gasteiger partial charge in [-0.05, 0) is 32.7 Å². The minimum absolute atomic E-state index is 0.810. The van der Waals surface area contributed by atoms with Crippen LogP contribution in [-0.2, 0) is 0 Å². The second-order valence-corrected chi connectivity index (χ2v) is 3.82. The van der Waals surface area contributed by atoms with Crippen molar-refractivity contribution in [2.45, 2.75) is 39.2 Å². The van der Waals surface area contributed by atoms with Crippen LogP contribution in [-0.4, -0.2) is 24.5 Å². The highest BCUT2D eigenvalue weighted by atomic mass is 15.1. The lowest BCUT2D eigenvalue weighted by atomic mass is 10.1. The molecular weight excluding hydrogens is 122 g/mol. The Hall–Kier alpha value is -0.0400. The summed E-state index contributed by atoms with van der Waals surface area (Å²) in [7, 11) is 2.24. The van der Waals surface area contributed by atoms with E-state index in [0.29, 0.717) is 0 Å².